The number of piperazine rings is 1. The van der Waals surface area contributed by atoms with E-state index in [2.05, 4.69) is 0 Å². The Bertz CT molecular complexity index is 585. The monoisotopic (exact) mass is 339 g/mol. The van der Waals surface area contributed by atoms with Crippen LogP contribution in [0, 0.1) is 16.7 Å². The van der Waals surface area contributed by atoms with Crippen LogP contribution in [-0.2, 0) is 9.59 Å². The standard InChI is InChI=1S/C17H23F2N3O2/c18-16-6-12-5-15(9-16,10-17(19,7-12)11-16)14(24)22-3-1-21(2-4-22)13(23)8-20/h8,12,20H,1-7,9-11H2. The Morgan fingerprint density at radius 1 is 0.917 bits per heavy atom. The predicted molar refractivity (Wildman–Crippen MR) is 83.2 cm³/mol. The van der Waals surface area contributed by atoms with Gasteiger partial charge in [0.05, 0.1) is 11.6 Å². The molecule has 2 amide bonds. The summed E-state index contributed by atoms with van der Waals surface area (Å²) in [5, 5.41) is 7.02. The highest BCUT2D eigenvalue weighted by atomic mass is 19.2. The van der Waals surface area contributed by atoms with E-state index in [0.717, 1.165) is 6.21 Å². The highest BCUT2D eigenvalue weighted by Gasteiger charge is 2.67. The van der Waals surface area contributed by atoms with Crippen molar-refractivity contribution in [3.05, 3.63) is 0 Å². The SMILES string of the molecule is N=CC(=O)N1CCN(C(=O)C23CC4CC(F)(CC(F)(C4)C2)C3)CC1. The molecule has 1 heterocycles. The van der Waals surface area contributed by atoms with Crippen LogP contribution in [0.2, 0.25) is 0 Å². The van der Waals surface area contributed by atoms with E-state index < -0.39 is 16.8 Å². The summed E-state index contributed by atoms with van der Waals surface area (Å²) in [5.41, 5.74) is -3.94. The molecule has 5 nitrogen and oxygen atoms in total. The maximum atomic E-state index is 15.0. The number of halogens is 2. The second-order valence-corrected chi connectivity index (χ2v) is 8.35. The van der Waals surface area contributed by atoms with Crippen LogP contribution in [0.25, 0.3) is 0 Å². The zero-order valence-electron chi connectivity index (χ0n) is 13.7. The Morgan fingerprint density at radius 2 is 1.46 bits per heavy atom. The van der Waals surface area contributed by atoms with Crippen molar-refractivity contribution in [1.29, 1.82) is 5.41 Å². The molecule has 0 spiro atoms. The van der Waals surface area contributed by atoms with Gasteiger partial charge in [-0.25, -0.2) is 8.78 Å². The summed E-state index contributed by atoms with van der Waals surface area (Å²) in [4.78, 5) is 27.9. The molecular formula is C17H23F2N3O2. The molecule has 0 aromatic heterocycles. The molecule has 5 rings (SSSR count). The molecule has 7 heteroatoms. The molecule has 132 valence electrons. The summed E-state index contributed by atoms with van der Waals surface area (Å²) < 4.78 is 30.1. The van der Waals surface area contributed by atoms with E-state index in [9.17, 15) is 9.59 Å². The molecule has 4 saturated carbocycles. The van der Waals surface area contributed by atoms with Crippen LogP contribution in [0.4, 0.5) is 8.78 Å². The lowest BCUT2D eigenvalue weighted by atomic mass is 9.47. The Labute approximate surface area is 139 Å². The third kappa shape index (κ3) is 2.35. The van der Waals surface area contributed by atoms with Crippen LogP contribution in [0.15, 0.2) is 0 Å². The molecule has 1 saturated heterocycles. The summed E-state index contributed by atoms with van der Waals surface area (Å²) in [7, 11) is 0. The Hall–Kier alpha value is -1.53. The quantitative estimate of drug-likeness (QED) is 0.779. The second-order valence-electron chi connectivity index (χ2n) is 8.35. The fourth-order valence-electron chi connectivity index (χ4n) is 6.00. The first kappa shape index (κ1) is 16.0. The zero-order chi connectivity index (χ0) is 17.2. The number of carbonyl (C=O) groups excluding carboxylic acids is 2. The molecule has 24 heavy (non-hydrogen) atoms. The van der Waals surface area contributed by atoms with E-state index in [1.54, 1.807) is 4.90 Å². The first-order valence-electron chi connectivity index (χ1n) is 8.73. The zero-order valence-corrected chi connectivity index (χ0v) is 13.7. The molecule has 5 fully saturated rings. The fraction of sp³-hybridized carbons (Fsp3) is 0.824. The van der Waals surface area contributed by atoms with Crippen molar-refractivity contribution in [1.82, 2.24) is 9.80 Å². The van der Waals surface area contributed by atoms with Gasteiger partial charge in [-0.3, -0.25) is 9.59 Å². The number of nitrogens with zero attached hydrogens (tertiary/aromatic N) is 2. The van der Waals surface area contributed by atoms with Gasteiger partial charge in [0, 0.05) is 32.6 Å². The van der Waals surface area contributed by atoms with Crippen molar-refractivity contribution in [3.63, 3.8) is 0 Å². The van der Waals surface area contributed by atoms with Crippen LogP contribution in [0.3, 0.4) is 0 Å². The number of hydrogen-bond donors (Lipinski definition) is 1. The third-order valence-corrected chi connectivity index (χ3v) is 6.39. The van der Waals surface area contributed by atoms with E-state index in [1.165, 1.54) is 4.90 Å². The third-order valence-electron chi connectivity index (χ3n) is 6.39. The smallest absolute Gasteiger partial charge is 0.264 e. The molecule has 0 aromatic rings. The van der Waals surface area contributed by atoms with Crippen LogP contribution < -0.4 is 0 Å². The minimum absolute atomic E-state index is 0.0269. The van der Waals surface area contributed by atoms with Crippen molar-refractivity contribution < 1.29 is 18.4 Å². The molecule has 0 aromatic carbocycles. The van der Waals surface area contributed by atoms with Crippen molar-refractivity contribution in [2.45, 2.75) is 49.9 Å². The van der Waals surface area contributed by atoms with E-state index in [0.29, 0.717) is 45.4 Å². The van der Waals surface area contributed by atoms with Crippen LogP contribution in [0.1, 0.15) is 38.5 Å². The van der Waals surface area contributed by atoms with Gasteiger partial charge in [-0.2, -0.15) is 0 Å². The molecule has 2 atom stereocenters. The highest BCUT2D eigenvalue weighted by molar-refractivity contribution is 6.24. The van der Waals surface area contributed by atoms with Gasteiger partial charge in [-0.1, -0.05) is 0 Å². The topological polar surface area (TPSA) is 64.5 Å². The van der Waals surface area contributed by atoms with Crippen LogP contribution in [-0.4, -0.2) is 65.3 Å². The van der Waals surface area contributed by atoms with Gasteiger partial charge in [-0.05, 0) is 38.0 Å². The van der Waals surface area contributed by atoms with Gasteiger partial charge in [0.15, 0.2) is 0 Å². The Kier molecular flexibility index (Phi) is 3.32. The Morgan fingerprint density at radius 3 is 1.96 bits per heavy atom. The lowest BCUT2D eigenvalue weighted by Crippen LogP contribution is -2.65. The average molecular weight is 339 g/mol. The van der Waals surface area contributed by atoms with E-state index in [1.807, 2.05) is 0 Å². The molecule has 5 aliphatic rings. The molecule has 1 aliphatic heterocycles. The molecule has 2 unspecified atom stereocenters. The lowest BCUT2D eigenvalue weighted by Gasteiger charge is -2.61. The number of amides is 2. The van der Waals surface area contributed by atoms with Crippen molar-refractivity contribution in [3.8, 4) is 0 Å². The molecule has 4 aliphatic carbocycles. The molecular weight excluding hydrogens is 316 g/mol. The van der Waals surface area contributed by atoms with Gasteiger partial charge in [-0.15, -0.1) is 0 Å². The summed E-state index contributed by atoms with van der Waals surface area (Å²) in [6.07, 6.45) is 2.43. The first-order valence-corrected chi connectivity index (χ1v) is 8.73. The van der Waals surface area contributed by atoms with Gasteiger partial charge >= 0.3 is 0 Å². The number of carbonyl (C=O) groups is 2. The fourth-order valence-corrected chi connectivity index (χ4v) is 6.00. The maximum absolute atomic E-state index is 15.0. The van der Waals surface area contributed by atoms with Gasteiger partial charge < -0.3 is 15.2 Å². The summed E-state index contributed by atoms with van der Waals surface area (Å²) in [5.74, 6) is -0.513. The predicted octanol–water partition coefficient (Wildman–Crippen LogP) is 1.71. The van der Waals surface area contributed by atoms with Crippen LogP contribution in [0.5, 0.6) is 0 Å². The van der Waals surface area contributed by atoms with Crippen LogP contribution >= 0.6 is 0 Å². The summed E-state index contributed by atoms with van der Waals surface area (Å²) >= 11 is 0. The minimum Gasteiger partial charge on any atom is -0.339 e. The molecule has 4 bridgehead atoms. The largest absolute Gasteiger partial charge is 0.339 e. The van der Waals surface area contributed by atoms with Crippen molar-refractivity contribution >= 4 is 18.0 Å². The highest BCUT2D eigenvalue weighted by Crippen LogP contribution is 2.66. The van der Waals surface area contributed by atoms with Gasteiger partial charge in [0.1, 0.15) is 11.3 Å². The van der Waals surface area contributed by atoms with E-state index >= 15 is 8.78 Å². The van der Waals surface area contributed by atoms with Gasteiger partial charge in [0.25, 0.3) is 5.91 Å². The number of hydrogen-bond acceptors (Lipinski definition) is 3. The van der Waals surface area contributed by atoms with Gasteiger partial charge in [0.2, 0.25) is 5.91 Å². The minimum atomic E-state index is -1.53. The first-order chi connectivity index (χ1) is 11.3. The summed E-state index contributed by atoms with van der Waals surface area (Å²) in [6.45, 7) is 1.51. The van der Waals surface area contributed by atoms with Crippen molar-refractivity contribution in [2.75, 3.05) is 26.2 Å². The normalized spacial score (nSPS) is 43.8. The summed E-state index contributed by atoms with van der Waals surface area (Å²) in [6, 6.07) is 0. The molecule has 0 radical (unpaired) electrons. The number of rotatable bonds is 2. The van der Waals surface area contributed by atoms with E-state index in [-0.39, 0.29) is 37.0 Å². The Balaban J connectivity index is 1.51. The second kappa shape index (κ2) is 4.99. The number of nitrogens with one attached hydrogen (secondary N) is 1. The maximum Gasteiger partial charge on any atom is 0.264 e. The lowest BCUT2D eigenvalue weighted by molar-refractivity contribution is -0.193. The number of alkyl halides is 2. The van der Waals surface area contributed by atoms with Crippen molar-refractivity contribution in [2.24, 2.45) is 11.3 Å². The average Bonchev–Trinajstić information content (AvgIpc) is 2.50. The molecule has 1 N–H and O–H groups in total. The van der Waals surface area contributed by atoms with E-state index in [4.69, 9.17) is 5.41 Å².